The first-order valence-corrected chi connectivity index (χ1v) is 9.07. The van der Waals surface area contributed by atoms with Crippen LogP contribution in [0.2, 0.25) is 0 Å². The quantitative estimate of drug-likeness (QED) is 0.830. The van der Waals surface area contributed by atoms with Gasteiger partial charge in [0, 0.05) is 19.6 Å². The highest BCUT2D eigenvalue weighted by Crippen LogP contribution is 2.45. The van der Waals surface area contributed by atoms with Crippen LogP contribution in [0.4, 0.5) is 5.69 Å². The van der Waals surface area contributed by atoms with Crippen molar-refractivity contribution in [1.82, 2.24) is 4.72 Å². The molecule has 0 spiro atoms. The molecule has 116 valence electrons. The molecule has 1 aliphatic heterocycles. The highest BCUT2D eigenvalue weighted by atomic mass is 32.2. The van der Waals surface area contributed by atoms with Gasteiger partial charge in [0.05, 0.1) is 11.2 Å². The second-order valence-corrected chi connectivity index (χ2v) is 7.96. The molecule has 6 heteroatoms. The molecule has 5 nitrogen and oxygen atoms in total. The van der Waals surface area contributed by atoms with Crippen LogP contribution in [0.15, 0.2) is 29.2 Å². The van der Waals surface area contributed by atoms with Gasteiger partial charge in [-0.3, -0.25) is 0 Å². The van der Waals surface area contributed by atoms with Gasteiger partial charge in [-0.2, -0.15) is 0 Å². The number of nitrogens with two attached hydrogens (primary N) is 1. The third-order valence-electron chi connectivity index (χ3n) is 4.40. The second-order valence-electron chi connectivity index (χ2n) is 6.23. The minimum atomic E-state index is -3.45. The molecule has 3 N–H and O–H groups in total. The summed E-state index contributed by atoms with van der Waals surface area (Å²) in [4.78, 5) is 2.44. The number of hydrogen-bond acceptors (Lipinski definition) is 4. The van der Waals surface area contributed by atoms with Gasteiger partial charge in [-0.05, 0) is 37.3 Å². The molecule has 1 saturated heterocycles. The first-order chi connectivity index (χ1) is 9.96. The van der Waals surface area contributed by atoms with E-state index in [0.29, 0.717) is 17.4 Å². The Morgan fingerprint density at radius 2 is 2.00 bits per heavy atom. The van der Waals surface area contributed by atoms with Crippen molar-refractivity contribution in [2.24, 2.45) is 11.7 Å². The Morgan fingerprint density at radius 3 is 2.62 bits per heavy atom. The predicted octanol–water partition coefficient (Wildman–Crippen LogP) is 1.30. The average Bonchev–Trinajstić information content (AvgIpc) is 3.26. The molecule has 3 rings (SSSR count). The maximum absolute atomic E-state index is 12.4. The van der Waals surface area contributed by atoms with Crippen molar-refractivity contribution in [3.05, 3.63) is 24.3 Å². The Hall–Kier alpha value is -1.11. The van der Waals surface area contributed by atoms with E-state index >= 15 is 0 Å². The van der Waals surface area contributed by atoms with Gasteiger partial charge in [-0.1, -0.05) is 19.1 Å². The van der Waals surface area contributed by atoms with Crippen molar-refractivity contribution in [2.75, 3.05) is 24.5 Å². The summed E-state index contributed by atoms with van der Waals surface area (Å²) in [6.07, 6.45) is 3.20. The van der Waals surface area contributed by atoms with E-state index in [0.717, 1.165) is 25.2 Å². The van der Waals surface area contributed by atoms with Crippen LogP contribution in [-0.4, -0.2) is 33.6 Å². The lowest BCUT2D eigenvalue weighted by atomic mass is 9.85. The first-order valence-electron chi connectivity index (χ1n) is 7.59. The zero-order valence-electron chi connectivity index (χ0n) is 12.4. The molecule has 0 aromatic heterocycles. The number of anilines is 1. The molecular weight excluding hydrogens is 286 g/mol. The monoisotopic (exact) mass is 309 g/mol. The smallest absolute Gasteiger partial charge is 0.242 e. The Morgan fingerprint density at radius 1 is 1.33 bits per heavy atom. The van der Waals surface area contributed by atoms with Crippen LogP contribution in [-0.2, 0) is 10.0 Å². The summed E-state index contributed by atoms with van der Waals surface area (Å²) in [5.74, 6) is 0.621. The van der Waals surface area contributed by atoms with Gasteiger partial charge in [-0.15, -0.1) is 0 Å². The summed E-state index contributed by atoms with van der Waals surface area (Å²) >= 11 is 0. The molecule has 1 saturated carbocycles. The van der Waals surface area contributed by atoms with E-state index < -0.39 is 10.0 Å². The van der Waals surface area contributed by atoms with E-state index in [-0.39, 0.29) is 5.54 Å². The zero-order valence-corrected chi connectivity index (χ0v) is 13.2. The molecule has 0 atom stereocenters. The number of hydrogen-bond donors (Lipinski definition) is 2. The van der Waals surface area contributed by atoms with Crippen LogP contribution in [0.25, 0.3) is 0 Å². The summed E-state index contributed by atoms with van der Waals surface area (Å²) in [5, 5.41) is 0. The molecule has 0 unspecified atom stereocenters. The van der Waals surface area contributed by atoms with E-state index in [9.17, 15) is 8.42 Å². The topological polar surface area (TPSA) is 75.4 Å². The van der Waals surface area contributed by atoms with Crippen molar-refractivity contribution < 1.29 is 8.42 Å². The fourth-order valence-corrected chi connectivity index (χ4v) is 4.37. The largest absolute Gasteiger partial charge is 0.367 e. The van der Waals surface area contributed by atoms with E-state index in [2.05, 4.69) is 9.62 Å². The Kier molecular flexibility index (Phi) is 3.71. The van der Waals surface area contributed by atoms with Gasteiger partial charge in [0.1, 0.15) is 4.90 Å². The highest BCUT2D eigenvalue weighted by Gasteiger charge is 2.50. The lowest BCUT2D eigenvalue weighted by Crippen LogP contribution is -2.69. The number of nitrogens with zero attached hydrogens (tertiary/aromatic N) is 1. The van der Waals surface area contributed by atoms with Crippen molar-refractivity contribution in [2.45, 2.75) is 36.6 Å². The van der Waals surface area contributed by atoms with Gasteiger partial charge in [-0.25, -0.2) is 13.1 Å². The van der Waals surface area contributed by atoms with Gasteiger partial charge in [0.15, 0.2) is 0 Å². The number of rotatable bonds is 6. The molecule has 0 bridgehead atoms. The summed E-state index contributed by atoms with van der Waals surface area (Å²) in [6.45, 7) is 3.90. The normalized spacial score (nSPS) is 21.1. The Labute approximate surface area is 126 Å². The van der Waals surface area contributed by atoms with Gasteiger partial charge >= 0.3 is 0 Å². The van der Waals surface area contributed by atoms with Crippen molar-refractivity contribution in [3.63, 3.8) is 0 Å². The predicted molar refractivity (Wildman–Crippen MR) is 83.8 cm³/mol. The molecular formula is C15H23N3O2S. The fraction of sp³-hybridized carbons (Fsp3) is 0.600. The third kappa shape index (κ3) is 2.80. The molecule has 1 heterocycles. The summed E-state index contributed by atoms with van der Waals surface area (Å²) in [5.41, 5.74) is 7.02. The van der Waals surface area contributed by atoms with E-state index in [4.69, 9.17) is 5.73 Å². The number of benzene rings is 1. The highest BCUT2D eigenvalue weighted by molar-refractivity contribution is 7.89. The summed E-state index contributed by atoms with van der Waals surface area (Å²) < 4.78 is 27.4. The molecule has 0 amide bonds. The standard InChI is InChI=1S/C15H23N3O2S/c1-2-9-17-21(19,20)14-6-4-3-5-13(14)18-10-15(16,11-18)12-7-8-12/h3-6,12,17H,2,7-11,16H2,1H3. The van der Waals surface area contributed by atoms with E-state index in [1.54, 1.807) is 12.1 Å². The molecule has 0 radical (unpaired) electrons. The van der Waals surface area contributed by atoms with Crippen LogP contribution >= 0.6 is 0 Å². The SMILES string of the molecule is CCCNS(=O)(=O)c1ccccc1N1CC(N)(C2CC2)C1. The zero-order chi connectivity index (χ0) is 15.1. The van der Waals surface area contributed by atoms with Crippen LogP contribution in [0.1, 0.15) is 26.2 Å². The Bertz CT molecular complexity index is 620. The molecule has 1 aliphatic carbocycles. The van der Waals surface area contributed by atoms with Crippen LogP contribution in [0, 0.1) is 5.92 Å². The molecule has 2 fully saturated rings. The first kappa shape index (κ1) is 14.8. The molecule has 21 heavy (non-hydrogen) atoms. The van der Waals surface area contributed by atoms with Gasteiger partial charge in [0.25, 0.3) is 0 Å². The summed E-state index contributed by atoms with van der Waals surface area (Å²) in [6, 6.07) is 7.18. The number of nitrogens with one attached hydrogen (secondary N) is 1. The Balaban J connectivity index is 1.81. The number of sulfonamides is 1. The lowest BCUT2D eigenvalue weighted by Gasteiger charge is -2.50. The average molecular weight is 309 g/mol. The van der Waals surface area contributed by atoms with Crippen molar-refractivity contribution >= 4 is 15.7 Å². The third-order valence-corrected chi connectivity index (χ3v) is 5.91. The van der Waals surface area contributed by atoms with Crippen LogP contribution in [0.3, 0.4) is 0 Å². The number of para-hydroxylation sites is 1. The van der Waals surface area contributed by atoms with Gasteiger partial charge in [0.2, 0.25) is 10.0 Å². The molecule has 1 aromatic rings. The fourth-order valence-electron chi connectivity index (χ4n) is 3.01. The van der Waals surface area contributed by atoms with Crippen molar-refractivity contribution in [3.8, 4) is 0 Å². The maximum atomic E-state index is 12.4. The maximum Gasteiger partial charge on any atom is 0.242 e. The second kappa shape index (κ2) is 5.26. The van der Waals surface area contributed by atoms with E-state index in [1.807, 2.05) is 19.1 Å². The minimum Gasteiger partial charge on any atom is -0.367 e. The van der Waals surface area contributed by atoms with Crippen LogP contribution in [0.5, 0.6) is 0 Å². The minimum absolute atomic E-state index is 0.117. The molecule has 2 aliphatic rings. The van der Waals surface area contributed by atoms with E-state index in [1.165, 1.54) is 12.8 Å². The lowest BCUT2D eigenvalue weighted by molar-refractivity contribution is 0.290. The van der Waals surface area contributed by atoms with Crippen LogP contribution < -0.4 is 15.4 Å². The summed E-state index contributed by atoms with van der Waals surface area (Å²) in [7, 11) is -3.45. The van der Waals surface area contributed by atoms with Gasteiger partial charge < -0.3 is 10.6 Å². The van der Waals surface area contributed by atoms with Crippen molar-refractivity contribution in [1.29, 1.82) is 0 Å². The molecule has 1 aromatic carbocycles.